The maximum atomic E-state index is 13.4. The van der Waals surface area contributed by atoms with Crippen LogP contribution < -0.4 is 0 Å². The van der Waals surface area contributed by atoms with Gasteiger partial charge in [-0.15, -0.1) is 5.10 Å². The largest absolute Gasteiger partial charge is 0.461 e. The third-order valence-corrected chi connectivity index (χ3v) is 3.11. The van der Waals surface area contributed by atoms with Gasteiger partial charge in [-0.25, -0.2) is 14.8 Å². The Morgan fingerprint density at radius 1 is 1.21 bits per heavy atom. The molecule has 12 heteroatoms. The number of carbonyl (C=O) groups is 1. The first-order valence-electron chi connectivity index (χ1n) is 6.98. The predicted octanol–water partition coefficient (Wildman–Crippen LogP) is 2.77. The predicted molar refractivity (Wildman–Crippen MR) is 69.4 cm³/mol. The highest BCUT2D eigenvalue weighted by Crippen LogP contribution is 2.42. The van der Waals surface area contributed by atoms with Gasteiger partial charge in [-0.05, 0) is 6.42 Å². The van der Waals surface area contributed by atoms with E-state index in [0.29, 0.717) is 22.2 Å². The van der Waals surface area contributed by atoms with E-state index in [4.69, 9.17) is 0 Å². The Labute approximate surface area is 132 Å². The lowest BCUT2D eigenvalue weighted by Gasteiger charge is -2.15. The second kappa shape index (κ2) is 6.61. The van der Waals surface area contributed by atoms with Gasteiger partial charge in [0.15, 0.2) is 0 Å². The fraction of sp³-hybridized carbons (Fsp3) is 0.583. The molecule has 0 amide bonds. The third-order valence-electron chi connectivity index (χ3n) is 3.11. The summed E-state index contributed by atoms with van der Waals surface area (Å²) in [6.45, 7) is 1.88. The Morgan fingerprint density at radius 3 is 2.46 bits per heavy atom. The minimum Gasteiger partial charge on any atom is -0.243 e. The van der Waals surface area contributed by atoms with E-state index in [1.54, 1.807) is 0 Å². The fourth-order valence-electron chi connectivity index (χ4n) is 1.86. The summed E-state index contributed by atoms with van der Waals surface area (Å²) >= 11 is 0. The van der Waals surface area contributed by atoms with Crippen molar-refractivity contribution in [2.45, 2.75) is 44.7 Å². The second-order valence-electron chi connectivity index (χ2n) is 4.92. The highest BCUT2D eigenvalue weighted by Gasteiger charge is 2.62. The first-order valence-corrected chi connectivity index (χ1v) is 6.98. The minimum absolute atomic E-state index is 0.0230. The number of alkyl halides is 5. The average Bonchev–Trinajstić information content (AvgIpc) is 3.15. The Bertz CT molecular complexity index is 693. The molecule has 2 heterocycles. The number of hydrogen-bond acceptors (Lipinski definition) is 5. The molecule has 0 aliphatic carbocycles. The van der Waals surface area contributed by atoms with Crippen molar-refractivity contribution in [1.29, 1.82) is 0 Å². The van der Waals surface area contributed by atoms with Gasteiger partial charge in [0.2, 0.25) is 5.82 Å². The lowest BCUT2D eigenvalue weighted by molar-refractivity contribution is -0.292. The van der Waals surface area contributed by atoms with Crippen LogP contribution in [0.1, 0.15) is 37.8 Å². The van der Waals surface area contributed by atoms with Crippen molar-refractivity contribution in [3.63, 3.8) is 0 Å². The molecule has 0 aliphatic rings. The van der Waals surface area contributed by atoms with E-state index in [2.05, 4.69) is 20.2 Å². The quantitative estimate of drug-likeness (QED) is 0.611. The minimum atomic E-state index is -5.86. The number of aromatic nitrogens is 6. The summed E-state index contributed by atoms with van der Waals surface area (Å²) < 4.78 is 65.4. The Kier molecular flexibility index (Phi) is 4.94. The molecule has 2 aromatic rings. The average molecular weight is 352 g/mol. The molecular formula is C12H13F5N6O. The molecule has 0 aliphatic heterocycles. The first-order chi connectivity index (χ1) is 11.2. The number of unbranched alkanes of at least 4 members (excludes halogenated alkanes) is 2. The van der Waals surface area contributed by atoms with Crippen molar-refractivity contribution in [2.24, 2.45) is 0 Å². The highest BCUT2D eigenvalue weighted by atomic mass is 19.4. The maximum Gasteiger partial charge on any atom is 0.461 e. The zero-order valence-corrected chi connectivity index (χ0v) is 12.5. The molecule has 0 saturated heterocycles. The van der Waals surface area contributed by atoms with Crippen molar-refractivity contribution in [1.82, 2.24) is 29.5 Å². The van der Waals surface area contributed by atoms with Gasteiger partial charge < -0.3 is 0 Å². The summed E-state index contributed by atoms with van der Waals surface area (Å²) in [6.07, 6.45) is -1.92. The summed E-state index contributed by atoms with van der Waals surface area (Å²) in [4.78, 5) is 18.9. The van der Waals surface area contributed by atoms with Crippen molar-refractivity contribution >= 4 is 6.03 Å². The Morgan fingerprint density at radius 2 is 1.92 bits per heavy atom. The van der Waals surface area contributed by atoms with E-state index in [0.717, 1.165) is 19.1 Å². The van der Waals surface area contributed by atoms with E-state index in [9.17, 15) is 26.7 Å². The molecule has 0 fully saturated rings. The molecule has 0 aromatic carbocycles. The van der Waals surface area contributed by atoms with Crippen LogP contribution >= 0.6 is 0 Å². The topological polar surface area (TPSA) is 78.5 Å². The summed E-state index contributed by atoms with van der Waals surface area (Å²) in [6, 6.07) is -1.05. The van der Waals surface area contributed by atoms with Crippen LogP contribution in [0, 0.1) is 0 Å². The van der Waals surface area contributed by atoms with Crippen LogP contribution in [0.5, 0.6) is 0 Å². The van der Waals surface area contributed by atoms with Gasteiger partial charge in [0.1, 0.15) is 18.5 Å². The van der Waals surface area contributed by atoms with Crippen molar-refractivity contribution in [3.8, 4) is 0 Å². The van der Waals surface area contributed by atoms with Crippen molar-refractivity contribution in [3.05, 3.63) is 24.3 Å². The summed E-state index contributed by atoms with van der Waals surface area (Å²) in [5.41, 5.74) is 0. The van der Waals surface area contributed by atoms with Crippen LogP contribution in [-0.2, 0) is 12.3 Å². The van der Waals surface area contributed by atoms with Gasteiger partial charge in [-0.3, -0.25) is 0 Å². The van der Waals surface area contributed by atoms with E-state index >= 15 is 0 Å². The van der Waals surface area contributed by atoms with E-state index in [-0.39, 0.29) is 12.2 Å². The normalized spacial score (nSPS) is 12.6. The molecule has 0 unspecified atom stereocenters. The molecule has 24 heavy (non-hydrogen) atoms. The zero-order chi connectivity index (χ0) is 18.0. The molecule has 2 aromatic heterocycles. The number of halogens is 5. The SMILES string of the molecule is CCCCCc1nc(C(F)(F)C(F)(F)F)nn1C(=O)n1cncn1. The van der Waals surface area contributed by atoms with Crippen LogP contribution in [0.3, 0.4) is 0 Å². The summed E-state index contributed by atoms with van der Waals surface area (Å²) in [5, 5.41) is 6.59. The molecule has 0 spiro atoms. The monoisotopic (exact) mass is 352 g/mol. The number of hydrogen-bond donors (Lipinski definition) is 0. The molecule has 2 rings (SSSR count). The highest BCUT2D eigenvalue weighted by molar-refractivity contribution is 5.77. The number of nitrogens with zero attached hydrogens (tertiary/aromatic N) is 6. The summed E-state index contributed by atoms with van der Waals surface area (Å²) in [7, 11) is 0. The maximum absolute atomic E-state index is 13.4. The van der Waals surface area contributed by atoms with Gasteiger partial charge in [-0.1, -0.05) is 19.8 Å². The van der Waals surface area contributed by atoms with Crippen LogP contribution in [0.2, 0.25) is 0 Å². The van der Waals surface area contributed by atoms with E-state index < -0.39 is 24.0 Å². The van der Waals surface area contributed by atoms with E-state index in [1.807, 2.05) is 6.92 Å². The smallest absolute Gasteiger partial charge is 0.243 e. The molecule has 0 radical (unpaired) electrons. The molecular weight excluding hydrogens is 339 g/mol. The van der Waals surface area contributed by atoms with Crippen LogP contribution in [-0.4, -0.2) is 41.7 Å². The van der Waals surface area contributed by atoms with Gasteiger partial charge in [0.25, 0.3) is 0 Å². The first kappa shape index (κ1) is 17.9. The van der Waals surface area contributed by atoms with Crippen LogP contribution in [0.4, 0.5) is 26.7 Å². The Hall–Kier alpha value is -2.40. The lowest BCUT2D eigenvalue weighted by atomic mass is 10.2. The van der Waals surface area contributed by atoms with Gasteiger partial charge in [0, 0.05) is 6.42 Å². The third kappa shape index (κ3) is 3.41. The zero-order valence-electron chi connectivity index (χ0n) is 12.5. The molecule has 0 N–H and O–H groups in total. The molecule has 132 valence electrons. The number of rotatable bonds is 5. The molecule has 0 atom stereocenters. The molecule has 7 nitrogen and oxygen atoms in total. The lowest BCUT2D eigenvalue weighted by Crippen LogP contribution is -2.35. The van der Waals surface area contributed by atoms with Crippen molar-refractivity contribution in [2.75, 3.05) is 0 Å². The molecule has 0 bridgehead atoms. The van der Waals surface area contributed by atoms with E-state index in [1.165, 1.54) is 0 Å². The Balaban J connectivity index is 2.42. The number of aryl methyl sites for hydroxylation is 1. The van der Waals surface area contributed by atoms with Gasteiger partial charge >= 0.3 is 18.1 Å². The van der Waals surface area contributed by atoms with Crippen LogP contribution in [0.15, 0.2) is 12.7 Å². The van der Waals surface area contributed by atoms with Crippen molar-refractivity contribution < 1.29 is 26.7 Å². The van der Waals surface area contributed by atoms with Gasteiger partial charge in [0.05, 0.1) is 0 Å². The summed E-state index contributed by atoms with van der Waals surface area (Å²) in [5.74, 6) is -7.32. The van der Waals surface area contributed by atoms with Crippen LogP contribution in [0.25, 0.3) is 0 Å². The second-order valence-corrected chi connectivity index (χ2v) is 4.92. The fourth-order valence-corrected chi connectivity index (χ4v) is 1.86. The number of carbonyl (C=O) groups excluding carboxylic acids is 1. The van der Waals surface area contributed by atoms with Gasteiger partial charge in [-0.2, -0.15) is 36.4 Å². The molecule has 0 saturated carbocycles. The standard InChI is InChI=1S/C12H13F5N6O/c1-2-3-4-5-8-20-9(11(13,14)12(15,16)17)21-23(8)10(24)22-7-18-6-19-22/h6-7H,2-5H2,1H3.